The first-order chi connectivity index (χ1) is 12.9. The van der Waals surface area contributed by atoms with Gasteiger partial charge in [-0.15, -0.1) is 0 Å². The van der Waals surface area contributed by atoms with Crippen LogP contribution in [0.5, 0.6) is 11.6 Å². The molecule has 1 amide bonds. The van der Waals surface area contributed by atoms with Gasteiger partial charge in [0.15, 0.2) is 0 Å². The molecule has 2 aromatic heterocycles. The van der Waals surface area contributed by atoms with Gasteiger partial charge < -0.3 is 9.64 Å². The first kappa shape index (κ1) is 17.1. The highest BCUT2D eigenvalue weighted by atomic mass is 19.4. The van der Waals surface area contributed by atoms with E-state index in [2.05, 4.69) is 15.2 Å². The summed E-state index contributed by atoms with van der Waals surface area (Å²) in [6.07, 6.45) is -2.03. The SMILES string of the molecule is O=C(c1ccc(Oc2ccc(C(F)(F)F)cn2)cc1)N1Cc2cn[nH]c2C1. The molecule has 0 saturated carbocycles. The lowest BCUT2D eigenvalue weighted by molar-refractivity contribution is -0.137. The minimum Gasteiger partial charge on any atom is -0.439 e. The van der Waals surface area contributed by atoms with Gasteiger partial charge in [0.2, 0.25) is 5.88 Å². The van der Waals surface area contributed by atoms with Crippen molar-refractivity contribution in [3.05, 3.63) is 71.2 Å². The van der Waals surface area contributed by atoms with Crippen molar-refractivity contribution < 1.29 is 22.7 Å². The molecule has 1 N–H and O–H groups in total. The van der Waals surface area contributed by atoms with Gasteiger partial charge >= 0.3 is 6.18 Å². The van der Waals surface area contributed by atoms with E-state index in [1.807, 2.05) is 0 Å². The number of amides is 1. The number of halogens is 3. The van der Waals surface area contributed by atoms with E-state index in [1.54, 1.807) is 35.4 Å². The average molecular weight is 374 g/mol. The highest BCUT2D eigenvalue weighted by Gasteiger charge is 2.30. The number of alkyl halides is 3. The van der Waals surface area contributed by atoms with Gasteiger partial charge in [-0.05, 0) is 30.3 Å². The van der Waals surface area contributed by atoms with E-state index in [0.717, 1.165) is 23.4 Å². The van der Waals surface area contributed by atoms with Crippen LogP contribution in [0.15, 0.2) is 48.8 Å². The Morgan fingerprint density at radius 2 is 1.85 bits per heavy atom. The molecule has 9 heteroatoms. The third-order valence-electron chi connectivity index (χ3n) is 4.19. The predicted octanol–water partition coefficient (Wildman–Crippen LogP) is 3.77. The van der Waals surface area contributed by atoms with E-state index in [0.29, 0.717) is 30.6 Å². The fourth-order valence-corrected chi connectivity index (χ4v) is 2.78. The van der Waals surface area contributed by atoms with Crippen molar-refractivity contribution in [2.45, 2.75) is 19.3 Å². The third kappa shape index (κ3) is 3.48. The van der Waals surface area contributed by atoms with Crippen molar-refractivity contribution in [1.82, 2.24) is 20.1 Å². The zero-order chi connectivity index (χ0) is 19.0. The Labute approximate surface area is 151 Å². The first-order valence-electron chi connectivity index (χ1n) is 8.02. The molecule has 6 nitrogen and oxygen atoms in total. The monoisotopic (exact) mass is 374 g/mol. The van der Waals surface area contributed by atoms with Crippen LogP contribution in [-0.4, -0.2) is 26.0 Å². The Morgan fingerprint density at radius 3 is 2.48 bits per heavy atom. The normalized spacial score (nSPS) is 13.5. The number of hydrogen-bond acceptors (Lipinski definition) is 4. The average Bonchev–Trinajstić information content (AvgIpc) is 3.23. The summed E-state index contributed by atoms with van der Waals surface area (Å²) in [5, 5.41) is 6.80. The van der Waals surface area contributed by atoms with Crippen LogP contribution in [0, 0.1) is 0 Å². The number of pyridine rings is 1. The topological polar surface area (TPSA) is 71.1 Å². The molecule has 0 radical (unpaired) electrons. The second-order valence-electron chi connectivity index (χ2n) is 6.04. The van der Waals surface area contributed by atoms with Gasteiger partial charge in [0.25, 0.3) is 5.91 Å². The van der Waals surface area contributed by atoms with Crippen molar-refractivity contribution in [2.24, 2.45) is 0 Å². The molecule has 1 aliphatic rings. The van der Waals surface area contributed by atoms with Gasteiger partial charge in [0, 0.05) is 29.9 Å². The van der Waals surface area contributed by atoms with E-state index in [1.165, 1.54) is 0 Å². The number of aromatic amines is 1. The number of carbonyl (C=O) groups is 1. The molecule has 0 fully saturated rings. The molecular formula is C18H13F3N4O2. The van der Waals surface area contributed by atoms with Crippen molar-refractivity contribution in [2.75, 3.05) is 0 Å². The van der Waals surface area contributed by atoms with E-state index >= 15 is 0 Å². The number of rotatable bonds is 3. The largest absolute Gasteiger partial charge is 0.439 e. The molecular weight excluding hydrogens is 361 g/mol. The zero-order valence-corrected chi connectivity index (χ0v) is 13.8. The lowest BCUT2D eigenvalue weighted by Gasteiger charge is -2.15. The van der Waals surface area contributed by atoms with Crippen LogP contribution in [0.2, 0.25) is 0 Å². The molecule has 0 unspecified atom stereocenters. The van der Waals surface area contributed by atoms with Gasteiger partial charge in [0.1, 0.15) is 5.75 Å². The number of H-pyrrole nitrogens is 1. The summed E-state index contributed by atoms with van der Waals surface area (Å²) in [5.41, 5.74) is 1.57. The Balaban J connectivity index is 1.42. The number of carbonyl (C=O) groups excluding carboxylic acids is 1. The maximum atomic E-state index is 12.5. The van der Waals surface area contributed by atoms with Crippen LogP contribution in [-0.2, 0) is 19.3 Å². The van der Waals surface area contributed by atoms with E-state index in [4.69, 9.17) is 4.74 Å². The van der Waals surface area contributed by atoms with Crippen molar-refractivity contribution >= 4 is 5.91 Å². The fraction of sp³-hybridized carbons (Fsp3) is 0.167. The highest BCUT2D eigenvalue weighted by molar-refractivity contribution is 5.94. The summed E-state index contributed by atoms with van der Waals surface area (Å²) in [5.74, 6) is 0.279. The first-order valence-corrected chi connectivity index (χ1v) is 8.02. The lowest BCUT2D eigenvalue weighted by atomic mass is 10.2. The molecule has 27 heavy (non-hydrogen) atoms. The summed E-state index contributed by atoms with van der Waals surface area (Å²) in [7, 11) is 0. The number of nitrogens with zero attached hydrogens (tertiary/aromatic N) is 3. The van der Waals surface area contributed by atoms with Gasteiger partial charge in [-0.1, -0.05) is 0 Å². The summed E-state index contributed by atoms with van der Waals surface area (Å²) < 4.78 is 43.0. The highest BCUT2D eigenvalue weighted by Crippen LogP contribution is 2.30. The minimum atomic E-state index is -4.44. The van der Waals surface area contributed by atoms with E-state index in [-0.39, 0.29) is 11.8 Å². The quantitative estimate of drug-likeness (QED) is 0.758. The molecule has 4 rings (SSSR count). The van der Waals surface area contributed by atoms with Crippen molar-refractivity contribution in [3.8, 4) is 11.6 Å². The standard InChI is InChI=1S/C18H13F3N4O2/c19-18(20,21)13-3-6-16(22-8-13)27-14-4-1-11(2-5-14)17(26)25-9-12-7-23-24-15(12)10-25/h1-8H,9-10H2,(H,23,24). The van der Waals surface area contributed by atoms with Crippen LogP contribution in [0.4, 0.5) is 13.2 Å². The number of nitrogens with one attached hydrogen (secondary N) is 1. The van der Waals surface area contributed by atoms with Crippen LogP contribution in [0.3, 0.4) is 0 Å². The number of fused-ring (bicyclic) bond motifs is 1. The fourth-order valence-electron chi connectivity index (χ4n) is 2.78. The lowest BCUT2D eigenvalue weighted by Crippen LogP contribution is -2.25. The molecule has 138 valence electrons. The van der Waals surface area contributed by atoms with Gasteiger partial charge in [-0.25, -0.2) is 4.98 Å². The minimum absolute atomic E-state index is 0.0348. The predicted molar refractivity (Wildman–Crippen MR) is 87.9 cm³/mol. The number of ether oxygens (including phenoxy) is 1. The summed E-state index contributed by atoms with van der Waals surface area (Å²) in [6, 6.07) is 8.40. The second-order valence-corrected chi connectivity index (χ2v) is 6.04. The van der Waals surface area contributed by atoms with Crippen LogP contribution < -0.4 is 4.74 Å². The Morgan fingerprint density at radius 1 is 1.07 bits per heavy atom. The summed E-state index contributed by atoms with van der Waals surface area (Å²) in [4.78, 5) is 17.9. The molecule has 1 aromatic carbocycles. The maximum Gasteiger partial charge on any atom is 0.417 e. The summed E-state index contributed by atoms with van der Waals surface area (Å²) >= 11 is 0. The smallest absolute Gasteiger partial charge is 0.417 e. The molecule has 0 aliphatic carbocycles. The molecule has 0 spiro atoms. The van der Waals surface area contributed by atoms with Gasteiger partial charge in [-0.3, -0.25) is 9.89 Å². The van der Waals surface area contributed by atoms with Crippen molar-refractivity contribution in [3.63, 3.8) is 0 Å². The zero-order valence-electron chi connectivity index (χ0n) is 13.8. The Hall–Kier alpha value is -3.36. The molecule has 1 aliphatic heterocycles. The van der Waals surface area contributed by atoms with Crippen LogP contribution in [0.1, 0.15) is 27.2 Å². The van der Waals surface area contributed by atoms with Crippen LogP contribution >= 0.6 is 0 Å². The molecule has 3 heterocycles. The molecule has 0 saturated heterocycles. The Bertz CT molecular complexity index is 945. The molecule has 3 aromatic rings. The maximum absolute atomic E-state index is 12.5. The summed E-state index contributed by atoms with van der Waals surface area (Å²) in [6.45, 7) is 0.973. The second kappa shape index (κ2) is 6.42. The number of aromatic nitrogens is 3. The van der Waals surface area contributed by atoms with E-state index in [9.17, 15) is 18.0 Å². The Kier molecular flexibility index (Phi) is 4.06. The number of hydrogen-bond donors (Lipinski definition) is 1. The van der Waals surface area contributed by atoms with Gasteiger partial charge in [0.05, 0.1) is 24.0 Å². The van der Waals surface area contributed by atoms with Gasteiger partial charge in [-0.2, -0.15) is 18.3 Å². The van der Waals surface area contributed by atoms with E-state index < -0.39 is 11.7 Å². The molecule has 0 atom stereocenters. The molecule has 0 bridgehead atoms. The number of benzene rings is 1. The van der Waals surface area contributed by atoms with Crippen LogP contribution in [0.25, 0.3) is 0 Å². The van der Waals surface area contributed by atoms with Crippen molar-refractivity contribution in [1.29, 1.82) is 0 Å². The third-order valence-corrected chi connectivity index (χ3v) is 4.19.